The quantitative estimate of drug-likeness (QED) is 0.215. The van der Waals surface area contributed by atoms with Crippen LogP contribution < -0.4 is 0 Å². The fourth-order valence-electron chi connectivity index (χ4n) is 7.40. The van der Waals surface area contributed by atoms with Crippen LogP contribution >= 0.6 is 0 Å². The number of nitrogens with zero attached hydrogens (tertiary/aromatic N) is 2. The van der Waals surface area contributed by atoms with E-state index in [0.717, 1.165) is 37.1 Å². The van der Waals surface area contributed by atoms with Crippen molar-refractivity contribution in [2.24, 2.45) is 10.2 Å². The molecule has 0 aliphatic heterocycles. The van der Waals surface area contributed by atoms with Crippen LogP contribution in [-0.2, 0) is 10.8 Å². The van der Waals surface area contributed by atoms with E-state index in [0.29, 0.717) is 0 Å². The molecule has 2 heteroatoms. The molecule has 2 atom stereocenters. The summed E-state index contributed by atoms with van der Waals surface area (Å²) in [5.74, 6) is 0. The second kappa shape index (κ2) is 11.0. The zero-order valence-electron chi connectivity index (χ0n) is 28.5. The molecule has 44 heavy (non-hydrogen) atoms. The molecule has 0 fully saturated rings. The Morgan fingerprint density at radius 2 is 0.773 bits per heavy atom. The van der Waals surface area contributed by atoms with Crippen molar-refractivity contribution in [2.75, 3.05) is 0 Å². The van der Waals surface area contributed by atoms with E-state index in [2.05, 4.69) is 130 Å². The van der Waals surface area contributed by atoms with Crippen molar-refractivity contribution in [3.05, 3.63) is 139 Å². The minimum atomic E-state index is -0.0571. The Balaban J connectivity index is 1.46. The van der Waals surface area contributed by atoms with E-state index in [4.69, 9.17) is 10.2 Å². The van der Waals surface area contributed by atoms with Gasteiger partial charge in [-0.2, -0.15) is 10.2 Å². The summed E-state index contributed by atoms with van der Waals surface area (Å²) in [7, 11) is 0. The maximum absolute atomic E-state index is 5.11. The zero-order valence-corrected chi connectivity index (χ0v) is 28.5. The highest BCUT2D eigenvalue weighted by molar-refractivity contribution is 6.07. The van der Waals surface area contributed by atoms with Crippen molar-refractivity contribution in [2.45, 2.75) is 106 Å². The van der Waals surface area contributed by atoms with Crippen LogP contribution in [0.15, 0.2) is 70.9 Å². The van der Waals surface area contributed by atoms with Crippen LogP contribution in [0.5, 0.6) is 0 Å². The van der Waals surface area contributed by atoms with E-state index in [1.54, 1.807) is 0 Å². The third kappa shape index (κ3) is 4.97. The molecule has 0 radical (unpaired) electrons. The normalized spacial score (nSPS) is 23.1. The average Bonchev–Trinajstić information content (AvgIpc) is 2.98. The first kappa shape index (κ1) is 30.3. The van der Waals surface area contributed by atoms with E-state index in [-0.39, 0.29) is 10.8 Å². The Labute approximate surface area is 265 Å². The van der Waals surface area contributed by atoms with Gasteiger partial charge < -0.3 is 0 Å². The van der Waals surface area contributed by atoms with Crippen LogP contribution in [0.4, 0.5) is 0 Å². The van der Waals surface area contributed by atoms with Gasteiger partial charge in [-0.1, -0.05) is 62.4 Å². The van der Waals surface area contributed by atoms with Crippen molar-refractivity contribution < 1.29 is 0 Å². The molecule has 2 aliphatic rings. The summed E-state index contributed by atoms with van der Waals surface area (Å²) in [6, 6.07) is 23.6. The lowest BCUT2D eigenvalue weighted by molar-refractivity contribution is 0.517. The van der Waals surface area contributed by atoms with Gasteiger partial charge >= 0.3 is 0 Å². The Hall–Kier alpha value is -3.78. The number of fused-ring (bicyclic) bond motifs is 2. The van der Waals surface area contributed by atoms with Gasteiger partial charge in [0.05, 0.1) is 11.4 Å². The standard InChI is InChI=1S/C42H48N2/c1-25-11-13-33(19-27(25)3)41(9)17-15-39(35-21-29(5)31(7)23-37(35)41)43-44-40-16-18-42(10,34-14-12-26(2)28(4)20-34)38-24-32(8)30(6)22-36(38)40/h11-14,19-24H,15-18H2,1-10H3/b43-39+,44-40+/t41-,42-/m0/s1. The van der Waals surface area contributed by atoms with E-state index in [1.165, 1.54) is 77.9 Å². The van der Waals surface area contributed by atoms with Gasteiger partial charge in [0.25, 0.3) is 0 Å². The Bertz CT molecular complexity index is 1730. The first-order valence-electron chi connectivity index (χ1n) is 16.3. The zero-order chi connectivity index (χ0) is 31.6. The fourth-order valence-corrected chi connectivity index (χ4v) is 7.40. The molecule has 0 bridgehead atoms. The Morgan fingerprint density at radius 3 is 1.14 bits per heavy atom. The van der Waals surface area contributed by atoms with E-state index in [1.807, 2.05) is 0 Å². The molecule has 226 valence electrons. The number of hydrogen-bond donors (Lipinski definition) is 0. The molecule has 0 aromatic heterocycles. The molecule has 0 N–H and O–H groups in total. The predicted molar refractivity (Wildman–Crippen MR) is 188 cm³/mol. The summed E-state index contributed by atoms with van der Waals surface area (Å²) in [4.78, 5) is 0. The van der Waals surface area contributed by atoms with Gasteiger partial charge in [0.2, 0.25) is 0 Å². The second-order valence-electron chi connectivity index (χ2n) is 14.3. The van der Waals surface area contributed by atoms with Crippen molar-refractivity contribution in [3.8, 4) is 0 Å². The minimum Gasteiger partial charge on any atom is -0.155 e. The van der Waals surface area contributed by atoms with Gasteiger partial charge in [-0.15, -0.1) is 0 Å². The van der Waals surface area contributed by atoms with Crippen LogP contribution in [0.1, 0.15) is 117 Å². The largest absolute Gasteiger partial charge is 0.155 e. The van der Waals surface area contributed by atoms with E-state index in [9.17, 15) is 0 Å². The lowest BCUT2D eigenvalue weighted by Crippen LogP contribution is -2.33. The van der Waals surface area contributed by atoms with Gasteiger partial charge in [-0.3, -0.25) is 0 Å². The summed E-state index contributed by atoms with van der Waals surface area (Å²) in [5, 5.41) is 10.2. The number of benzene rings is 4. The maximum Gasteiger partial charge on any atom is 0.0706 e. The third-order valence-electron chi connectivity index (χ3n) is 11.4. The molecule has 4 aromatic rings. The molecule has 0 saturated carbocycles. The first-order chi connectivity index (χ1) is 20.8. The summed E-state index contributed by atoms with van der Waals surface area (Å²) in [6.45, 7) is 22.6. The molecule has 0 unspecified atom stereocenters. The molecule has 0 saturated heterocycles. The molecule has 0 spiro atoms. The smallest absolute Gasteiger partial charge is 0.0706 e. The van der Waals surface area contributed by atoms with Crippen LogP contribution in [0.3, 0.4) is 0 Å². The van der Waals surface area contributed by atoms with Gasteiger partial charge in [0.1, 0.15) is 0 Å². The van der Waals surface area contributed by atoms with Gasteiger partial charge in [0.15, 0.2) is 0 Å². The van der Waals surface area contributed by atoms with Gasteiger partial charge in [0, 0.05) is 22.0 Å². The summed E-state index contributed by atoms with van der Waals surface area (Å²) in [5.41, 5.74) is 20.9. The van der Waals surface area contributed by atoms with E-state index < -0.39 is 0 Å². The molecule has 2 nitrogen and oxygen atoms in total. The van der Waals surface area contributed by atoms with Gasteiger partial charge in [-0.25, -0.2) is 0 Å². The minimum absolute atomic E-state index is 0.0571. The fraction of sp³-hybridized carbons (Fsp3) is 0.381. The highest BCUT2D eigenvalue weighted by atomic mass is 15.2. The summed E-state index contributed by atoms with van der Waals surface area (Å²) >= 11 is 0. The highest BCUT2D eigenvalue weighted by Crippen LogP contribution is 2.46. The lowest BCUT2D eigenvalue weighted by Gasteiger charge is -2.38. The third-order valence-corrected chi connectivity index (χ3v) is 11.4. The first-order valence-corrected chi connectivity index (χ1v) is 16.3. The number of aryl methyl sites for hydroxylation is 8. The number of hydrogen-bond acceptors (Lipinski definition) is 2. The Morgan fingerprint density at radius 1 is 0.432 bits per heavy atom. The molecule has 0 amide bonds. The van der Waals surface area contributed by atoms with Gasteiger partial charge in [-0.05, 0) is 160 Å². The average molecular weight is 581 g/mol. The van der Waals surface area contributed by atoms with Crippen LogP contribution in [-0.4, -0.2) is 11.4 Å². The van der Waals surface area contributed by atoms with Crippen molar-refractivity contribution in [1.29, 1.82) is 0 Å². The maximum atomic E-state index is 5.11. The van der Waals surface area contributed by atoms with E-state index >= 15 is 0 Å². The molecule has 2 aliphatic carbocycles. The van der Waals surface area contributed by atoms with Crippen molar-refractivity contribution >= 4 is 11.4 Å². The summed E-state index contributed by atoms with van der Waals surface area (Å²) < 4.78 is 0. The summed E-state index contributed by atoms with van der Waals surface area (Å²) in [6.07, 6.45) is 3.87. The van der Waals surface area contributed by atoms with Crippen LogP contribution in [0.2, 0.25) is 0 Å². The monoisotopic (exact) mass is 580 g/mol. The lowest BCUT2D eigenvalue weighted by atomic mass is 9.65. The van der Waals surface area contributed by atoms with Crippen LogP contribution in [0, 0.1) is 55.4 Å². The highest BCUT2D eigenvalue weighted by Gasteiger charge is 2.38. The molecule has 6 rings (SSSR count). The molecular weight excluding hydrogens is 532 g/mol. The van der Waals surface area contributed by atoms with Crippen LogP contribution in [0.25, 0.3) is 0 Å². The molecule has 4 aromatic carbocycles. The molecule has 0 heterocycles. The Kier molecular flexibility index (Phi) is 7.55. The SMILES string of the molecule is Cc1ccc([C@]2(C)CC/C(=N\N=C3/CC[C@@](C)(c4ccc(C)c(C)c4)c4cc(C)c(C)cc43)c3cc(C)c(C)cc32)cc1C. The topological polar surface area (TPSA) is 24.7 Å². The van der Waals surface area contributed by atoms with Crippen molar-refractivity contribution in [1.82, 2.24) is 0 Å². The predicted octanol–water partition coefficient (Wildman–Crippen LogP) is 10.5. The second-order valence-corrected chi connectivity index (χ2v) is 14.3. The number of rotatable bonds is 3. The molecular formula is C42H48N2. The van der Waals surface area contributed by atoms with Crippen molar-refractivity contribution in [3.63, 3.8) is 0 Å².